The van der Waals surface area contributed by atoms with Gasteiger partial charge in [0.15, 0.2) is 0 Å². The van der Waals surface area contributed by atoms with Crippen LogP contribution in [-0.4, -0.2) is 27.1 Å². The maximum Gasteiger partial charge on any atom is 0.252 e. The number of pyridine rings is 1. The second-order valence-electron chi connectivity index (χ2n) is 6.25. The molecule has 0 unspecified atom stereocenters. The topological polar surface area (TPSA) is 82.5 Å². The number of carbonyl (C=O) groups excluding carboxylic acids is 1. The Morgan fingerprint density at radius 3 is 2.58 bits per heavy atom. The first-order valence-electron chi connectivity index (χ1n) is 8.20. The first-order valence-corrected chi connectivity index (χ1v) is 8.58. The number of aromatic hydroxyl groups is 1. The third kappa shape index (κ3) is 3.64. The number of nitrogens with one attached hydrogen (secondary N) is 1. The molecule has 1 heterocycles. The van der Waals surface area contributed by atoms with Gasteiger partial charge in [0.05, 0.1) is 28.2 Å². The first-order chi connectivity index (χ1) is 12.4. The summed E-state index contributed by atoms with van der Waals surface area (Å²) in [6, 6.07) is 12.7. The zero-order chi connectivity index (χ0) is 18.8. The molecule has 1 aromatic heterocycles. The lowest BCUT2D eigenvalue weighted by Gasteiger charge is -2.21. The van der Waals surface area contributed by atoms with Crippen molar-refractivity contribution in [1.29, 1.82) is 0 Å². The van der Waals surface area contributed by atoms with Gasteiger partial charge in [-0.3, -0.25) is 9.78 Å². The van der Waals surface area contributed by atoms with Crippen molar-refractivity contribution in [3.63, 3.8) is 0 Å². The van der Waals surface area contributed by atoms with E-state index in [1.807, 2.05) is 0 Å². The van der Waals surface area contributed by atoms with Crippen LogP contribution < -0.4 is 5.32 Å². The Labute approximate surface area is 156 Å². The van der Waals surface area contributed by atoms with Crippen molar-refractivity contribution in [2.75, 3.05) is 0 Å². The van der Waals surface area contributed by atoms with Crippen LogP contribution in [0.1, 0.15) is 34.6 Å². The van der Waals surface area contributed by atoms with Crippen LogP contribution in [-0.2, 0) is 0 Å². The van der Waals surface area contributed by atoms with Gasteiger partial charge in [0.1, 0.15) is 5.75 Å². The molecule has 3 rings (SSSR count). The van der Waals surface area contributed by atoms with E-state index in [0.29, 0.717) is 32.7 Å². The lowest BCUT2D eigenvalue weighted by atomic mass is 10.0. The van der Waals surface area contributed by atoms with Crippen molar-refractivity contribution in [3.8, 4) is 5.75 Å². The highest BCUT2D eigenvalue weighted by atomic mass is 35.5. The summed E-state index contributed by atoms with van der Waals surface area (Å²) in [5.41, 5.74) is 2.32. The Bertz CT molecular complexity index is 957. The lowest BCUT2D eigenvalue weighted by molar-refractivity contribution is 0.0853. The summed E-state index contributed by atoms with van der Waals surface area (Å²) in [5, 5.41) is 23.8. The van der Waals surface area contributed by atoms with Gasteiger partial charge in [-0.1, -0.05) is 35.9 Å². The Morgan fingerprint density at radius 2 is 1.88 bits per heavy atom. The van der Waals surface area contributed by atoms with Gasteiger partial charge in [-0.2, -0.15) is 0 Å². The number of hydrogen-bond acceptors (Lipinski definition) is 4. The molecule has 3 aromatic rings. The average Bonchev–Trinajstić information content (AvgIpc) is 2.62. The molecule has 3 N–H and O–H groups in total. The summed E-state index contributed by atoms with van der Waals surface area (Å²) < 4.78 is 0. The molecule has 0 spiro atoms. The molecule has 0 saturated carbocycles. The third-order valence-corrected chi connectivity index (χ3v) is 4.53. The number of hydrogen-bond donors (Lipinski definition) is 3. The van der Waals surface area contributed by atoms with Crippen molar-refractivity contribution in [3.05, 3.63) is 70.4 Å². The van der Waals surface area contributed by atoms with Gasteiger partial charge >= 0.3 is 0 Å². The van der Waals surface area contributed by atoms with Crippen LogP contribution in [0.25, 0.3) is 10.9 Å². The highest BCUT2D eigenvalue weighted by molar-refractivity contribution is 6.35. The van der Waals surface area contributed by atoms with Crippen LogP contribution in [0.2, 0.25) is 5.02 Å². The maximum absolute atomic E-state index is 12.8. The molecule has 2 aromatic carbocycles. The van der Waals surface area contributed by atoms with E-state index in [9.17, 15) is 15.0 Å². The highest BCUT2D eigenvalue weighted by Crippen LogP contribution is 2.26. The summed E-state index contributed by atoms with van der Waals surface area (Å²) in [5.74, 6) is -0.193. The number of carbonyl (C=O) groups is 1. The van der Waals surface area contributed by atoms with Crippen molar-refractivity contribution in [1.82, 2.24) is 10.3 Å². The number of para-hydroxylation sites is 1. The lowest BCUT2D eigenvalue weighted by Crippen LogP contribution is -2.37. The molecular weight excluding hydrogens is 352 g/mol. The molecule has 0 aliphatic heterocycles. The van der Waals surface area contributed by atoms with Crippen LogP contribution in [0.4, 0.5) is 0 Å². The first kappa shape index (κ1) is 18.2. The SMILES string of the molecule is Cc1cc(C(=O)N[C@@H](C)[C@H](O)c2ccc(O)cc2)c2cccc(Cl)c2n1. The summed E-state index contributed by atoms with van der Waals surface area (Å²) in [7, 11) is 0. The summed E-state index contributed by atoms with van der Waals surface area (Å²) >= 11 is 6.20. The molecule has 2 atom stereocenters. The number of halogens is 1. The number of fused-ring (bicyclic) bond motifs is 1. The Morgan fingerprint density at radius 1 is 1.19 bits per heavy atom. The van der Waals surface area contributed by atoms with Gasteiger partial charge < -0.3 is 15.5 Å². The van der Waals surface area contributed by atoms with Crippen molar-refractivity contribution >= 4 is 28.4 Å². The molecule has 26 heavy (non-hydrogen) atoms. The van der Waals surface area contributed by atoms with E-state index >= 15 is 0 Å². The number of nitrogens with zero attached hydrogens (tertiary/aromatic N) is 1. The molecule has 0 radical (unpaired) electrons. The fraction of sp³-hybridized carbons (Fsp3) is 0.200. The summed E-state index contributed by atoms with van der Waals surface area (Å²) in [6.07, 6.45) is -0.905. The van der Waals surface area contributed by atoms with Gasteiger partial charge in [0.25, 0.3) is 5.91 Å². The second-order valence-corrected chi connectivity index (χ2v) is 6.65. The van der Waals surface area contributed by atoms with E-state index in [0.717, 1.165) is 0 Å². The zero-order valence-electron chi connectivity index (χ0n) is 14.4. The molecule has 5 nitrogen and oxygen atoms in total. The maximum atomic E-state index is 12.8. The third-order valence-electron chi connectivity index (χ3n) is 4.23. The van der Waals surface area contributed by atoms with Gasteiger partial charge in [-0.15, -0.1) is 0 Å². The van der Waals surface area contributed by atoms with E-state index in [4.69, 9.17) is 11.6 Å². The van der Waals surface area contributed by atoms with E-state index in [1.54, 1.807) is 50.2 Å². The molecule has 6 heteroatoms. The molecular formula is C20H19ClN2O3. The largest absolute Gasteiger partial charge is 0.508 e. The monoisotopic (exact) mass is 370 g/mol. The smallest absolute Gasteiger partial charge is 0.252 e. The number of aliphatic hydroxyl groups excluding tert-OH is 1. The van der Waals surface area contributed by atoms with E-state index < -0.39 is 12.1 Å². The molecule has 0 aliphatic rings. The highest BCUT2D eigenvalue weighted by Gasteiger charge is 2.21. The van der Waals surface area contributed by atoms with Crippen LogP contribution in [0.5, 0.6) is 5.75 Å². The summed E-state index contributed by atoms with van der Waals surface area (Å²) in [6.45, 7) is 3.52. The fourth-order valence-corrected chi connectivity index (χ4v) is 3.07. The second kappa shape index (κ2) is 7.32. The van der Waals surface area contributed by atoms with Crippen LogP contribution in [0.15, 0.2) is 48.5 Å². The minimum atomic E-state index is -0.905. The number of aromatic nitrogens is 1. The fourth-order valence-electron chi connectivity index (χ4n) is 2.85. The van der Waals surface area contributed by atoms with Gasteiger partial charge in [0.2, 0.25) is 0 Å². The zero-order valence-corrected chi connectivity index (χ0v) is 15.2. The normalized spacial score (nSPS) is 13.4. The van der Waals surface area contributed by atoms with E-state index in [2.05, 4.69) is 10.3 Å². The Balaban J connectivity index is 1.87. The number of aliphatic hydroxyl groups is 1. The molecule has 134 valence electrons. The molecule has 0 fully saturated rings. The molecule has 1 amide bonds. The minimum Gasteiger partial charge on any atom is -0.508 e. The van der Waals surface area contributed by atoms with Crippen LogP contribution in [0.3, 0.4) is 0 Å². The predicted molar refractivity (Wildman–Crippen MR) is 101 cm³/mol. The molecule has 0 saturated heterocycles. The summed E-state index contributed by atoms with van der Waals surface area (Å²) in [4.78, 5) is 17.2. The number of benzene rings is 2. The van der Waals surface area contributed by atoms with E-state index in [-0.39, 0.29) is 11.7 Å². The average molecular weight is 371 g/mol. The number of rotatable bonds is 4. The Kier molecular flexibility index (Phi) is 5.11. The van der Waals surface area contributed by atoms with Crippen LogP contribution >= 0.6 is 11.6 Å². The number of aryl methyl sites for hydroxylation is 1. The number of amides is 1. The number of phenols is 1. The predicted octanol–water partition coefficient (Wildman–Crippen LogP) is 3.75. The quantitative estimate of drug-likeness (QED) is 0.653. The van der Waals surface area contributed by atoms with Crippen LogP contribution in [0, 0.1) is 6.92 Å². The minimum absolute atomic E-state index is 0.119. The van der Waals surface area contributed by atoms with Gasteiger partial charge in [-0.25, -0.2) is 0 Å². The van der Waals surface area contributed by atoms with Crippen molar-refractivity contribution < 1.29 is 15.0 Å². The molecule has 0 bridgehead atoms. The van der Waals surface area contributed by atoms with E-state index in [1.165, 1.54) is 12.1 Å². The standard InChI is InChI=1S/C20H19ClN2O3/c1-11-10-16(15-4-3-5-17(21)18(15)22-11)20(26)23-12(2)19(25)13-6-8-14(24)9-7-13/h3-10,12,19,24-25H,1-2H3,(H,23,26)/t12-,19-/m0/s1. The van der Waals surface area contributed by atoms with Crippen molar-refractivity contribution in [2.45, 2.75) is 26.0 Å². The number of phenolic OH excluding ortho intramolecular Hbond substituents is 1. The van der Waals surface area contributed by atoms with Gasteiger partial charge in [-0.05, 0) is 43.7 Å². The van der Waals surface area contributed by atoms with Crippen molar-refractivity contribution in [2.24, 2.45) is 0 Å². The molecule has 0 aliphatic carbocycles. The Hall–Kier alpha value is -2.63. The van der Waals surface area contributed by atoms with Gasteiger partial charge in [0, 0.05) is 11.1 Å².